The molecule has 1 saturated carbocycles. The lowest BCUT2D eigenvalue weighted by Gasteiger charge is -2.36. The Morgan fingerprint density at radius 3 is 2.27 bits per heavy atom. The monoisotopic (exact) mass is 500 g/mol. The van der Waals surface area contributed by atoms with E-state index in [2.05, 4.69) is 10.2 Å². The van der Waals surface area contributed by atoms with E-state index in [1.807, 2.05) is 68.7 Å². The maximum atomic E-state index is 12.5. The van der Waals surface area contributed by atoms with Gasteiger partial charge in [0.2, 0.25) is 5.95 Å². The highest BCUT2D eigenvalue weighted by atomic mass is 16.5. The number of para-hydroxylation sites is 1. The molecule has 8 heteroatoms. The number of aromatic nitrogens is 2. The summed E-state index contributed by atoms with van der Waals surface area (Å²) in [5.41, 5.74) is 9.11. The smallest absolute Gasteiger partial charge is 0.319 e. The minimum atomic E-state index is -0.429. The van der Waals surface area contributed by atoms with Crippen molar-refractivity contribution in [2.75, 3.05) is 29.2 Å². The van der Waals surface area contributed by atoms with E-state index in [0.717, 1.165) is 61.5 Å². The average Bonchev–Trinajstić information content (AvgIpc) is 2.91. The third kappa shape index (κ3) is 5.79. The van der Waals surface area contributed by atoms with Gasteiger partial charge in [-0.15, -0.1) is 0 Å². The van der Waals surface area contributed by atoms with E-state index in [4.69, 9.17) is 20.4 Å². The molecule has 0 saturated heterocycles. The first-order chi connectivity index (χ1) is 18.0. The fourth-order valence-electron chi connectivity index (χ4n) is 5.49. The molecule has 0 spiro atoms. The number of rotatable bonds is 7. The standard InChI is InChI=1S/C29H36N6O2/c1-34(2)27-25-10-6-7-11-26(25)32-29(33-27)31-20-12-14-21(15-13-20)35(28(30)36)22-16-18-24(19-17-22)37-23-8-4-3-5-9-23/h3-5,8-9,16-21H,6-7,10-15H2,1-2H3,(H2,30,36)(H,31,32,33). The van der Waals surface area contributed by atoms with Crippen LogP contribution >= 0.6 is 0 Å². The van der Waals surface area contributed by atoms with Crippen molar-refractivity contribution in [2.24, 2.45) is 5.73 Å². The van der Waals surface area contributed by atoms with E-state index in [1.165, 1.54) is 24.1 Å². The van der Waals surface area contributed by atoms with Crippen LogP contribution in [0.15, 0.2) is 54.6 Å². The van der Waals surface area contributed by atoms with Crippen LogP contribution in [0.2, 0.25) is 0 Å². The Morgan fingerprint density at radius 2 is 1.59 bits per heavy atom. The van der Waals surface area contributed by atoms with Crippen LogP contribution in [0.5, 0.6) is 11.5 Å². The normalized spacial score (nSPS) is 19.0. The number of nitrogens with two attached hydrogens (primary N) is 1. The van der Waals surface area contributed by atoms with E-state index in [9.17, 15) is 4.79 Å². The van der Waals surface area contributed by atoms with Crippen molar-refractivity contribution >= 4 is 23.5 Å². The lowest BCUT2D eigenvalue weighted by molar-refractivity contribution is 0.248. The number of ether oxygens (including phenoxy) is 1. The Labute approximate surface area is 218 Å². The van der Waals surface area contributed by atoms with Crippen molar-refractivity contribution in [3.63, 3.8) is 0 Å². The Hall–Kier alpha value is -3.81. The van der Waals surface area contributed by atoms with E-state index in [-0.39, 0.29) is 12.1 Å². The first-order valence-corrected chi connectivity index (χ1v) is 13.2. The van der Waals surface area contributed by atoms with Crippen molar-refractivity contribution in [3.05, 3.63) is 65.9 Å². The summed E-state index contributed by atoms with van der Waals surface area (Å²) < 4.78 is 5.89. The van der Waals surface area contributed by atoms with Crippen LogP contribution in [0.1, 0.15) is 49.8 Å². The summed E-state index contributed by atoms with van der Waals surface area (Å²) in [4.78, 5) is 26.0. The van der Waals surface area contributed by atoms with E-state index < -0.39 is 6.03 Å². The van der Waals surface area contributed by atoms with Gasteiger partial charge in [-0.1, -0.05) is 18.2 Å². The fraction of sp³-hybridized carbons (Fsp3) is 0.414. The molecule has 0 unspecified atom stereocenters. The summed E-state index contributed by atoms with van der Waals surface area (Å²) in [7, 11) is 4.09. The molecule has 1 heterocycles. The van der Waals surface area contributed by atoms with Gasteiger partial charge in [0.05, 0.1) is 5.69 Å². The van der Waals surface area contributed by atoms with Gasteiger partial charge in [0, 0.05) is 37.4 Å². The van der Waals surface area contributed by atoms with Gasteiger partial charge >= 0.3 is 6.03 Å². The summed E-state index contributed by atoms with van der Waals surface area (Å²) in [6, 6.07) is 17.1. The molecule has 5 rings (SSSR count). The number of aryl methyl sites for hydroxylation is 1. The Morgan fingerprint density at radius 1 is 0.919 bits per heavy atom. The number of carbonyl (C=O) groups is 1. The molecule has 0 bridgehead atoms. The van der Waals surface area contributed by atoms with Gasteiger partial charge in [0.25, 0.3) is 0 Å². The summed E-state index contributed by atoms with van der Waals surface area (Å²) in [5.74, 6) is 3.23. The lowest BCUT2D eigenvalue weighted by Crippen LogP contribution is -2.46. The molecular weight excluding hydrogens is 464 g/mol. The molecule has 2 amide bonds. The highest BCUT2D eigenvalue weighted by Crippen LogP contribution is 2.32. The zero-order valence-corrected chi connectivity index (χ0v) is 21.7. The number of amides is 2. The van der Waals surface area contributed by atoms with Crippen LogP contribution < -0.4 is 25.6 Å². The van der Waals surface area contributed by atoms with Gasteiger partial charge in [-0.05, 0) is 87.8 Å². The van der Waals surface area contributed by atoms with Crippen LogP contribution in [0, 0.1) is 0 Å². The second kappa shape index (κ2) is 11.1. The molecule has 37 heavy (non-hydrogen) atoms. The summed E-state index contributed by atoms with van der Waals surface area (Å²) >= 11 is 0. The Balaban J connectivity index is 1.23. The van der Waals surface area contributed by atoms with E-state index in [1.54, 1.807) is 4.90 Å². The number of carbonyl (C=O) groups excluding carboxylic acids is 1. The summed E-state index contributed by atoms with van der Waals surface area (Å²) in [6.45, 7) is 0. The quantitative estimate of drug-likeness (QED) is 0.443. The first-order valence-electron chi connectivity index (χ1n) is 13.2. The molecule has 2 aliphatic rings. The predicted molar refractivity (Wildman–Crippen MR) is 148 cm³/mol. The Kier molecular flexibility index (Phi) is 7.44. The average molecular weight is 501 g/mol. The van der Waals surface area contributed by atoms with E-state index in [0.29, 0.717) is 5.95 Å². The number of hydrogen-bond donors (Lipinski definition) is 2. The molecule has 0 atom stereocenters. The fourth-order valence-corrected chi connectivity index (χ4v) is 5.49. The van der Waals surface area contributed by atoms with Crippen LogP contribution in [0.4, 0.5) is 22.2 Å². The maximum absolute atomic E-state index is 12.5. The first kappa shape index (κ1) is 24.9. The van der Waals surface area contributed by atoms with Crippen molar-refractivity contribution in [3.8, 4) is 11.5 Å². The third-order valence-corrected chi connectivity index (χ3v) is 7.31. The molecule has 8 nitrogen and oxygen atoms in total. The van der Waals surface area contributed by atoms with E-state index >= 15 is 0 Å². The predicted octanol–water partition coefficient (Wildman–Crippen LogP) is 5.52. The minimum absolute atomic E-state index is 0.0539. The molecule has 3 N–H and O–H groups in total. The number of primary amides is 1. The number of fused-ring (bicyclic) bond motifs is 1. The van der Waals surface area contributed by atoms with Crippen LogP contribution in [-0.4, -0.2) is 42.2 Å². The van der Waals surface area contributed by atoms with Gasteiger partial charge in [0.15, 0.2) is 0 Å². The number of anilines is 3. The molecule has 1 fully saturated rings. The van der Waals surface area contributed by atoms with Crippen LogP contribution in [-0.2, 0) is 12.8 Å². The van der Waals surface area contributed by atoms with Gasteiger partial charge in [-0.2, -0.15) is 4.98 Å². The molecule has 2 aliphatic carbocycles. The van der Waals surface area contributed by atoms with Crippen molar-refractivity contribution in [1.82, 2.24) is 9.97 Å². The molecule has 1 aromatic heterocycles. The number of nitrogens with one attached hydrogen (secondary N) is 1. The number of urea groups is 1. The molecule has 2 aromatic carbocycles. The molecular formula is C29H36N6O2. The second-order valence-corrected chi connectivity index (χ2v) is 10.2. The molecule has 194 valence electrons. The summed E-state index contributed by atoms with van der Waals surface area (Å²) in [5, 5.41) is 3.59. The zero-order valence-electron chi connectivity index (χ0n) is 21.7. The molecule has 0 radical (unpaired) electrons. The largest absolute Gasteiger partial charge is 0.457 e. The van der Waals surface area contributed by atoms with Crippen LogP contribution in [0.25, 0.3) is 0 Å². The highest BCUT2D eigenvalue weighted by Gasteiger charge is 2.30. The van der Waals surface area contributed by atoms with Crippen molar-refractivity contribution in [1.29, 1.82) is 0 Å². The van der Waals surface area contributed by atoms with Gasteiger partial charge in [-0.25, -0.2) is 9.78 Å². The van der Waals surface area contributed by atoms with Crippen LogP contribution in [0.3, 0.4) is 0 Å². The summed E-state index contributed by atoms with van der Waals surface area (Å²) in [6.07, 6.45) is 8.00. The number of nitrogens with zero attached hydrogens (tertiary/aromatic N) is 4. The molecule has 3 aromatic rings. The minimum Gasteiger partial charge on any atom is -0.457 e. The lowest BCUT2D eigenvalue weighted by atomic mass is 9.90. The highest BCUT2D eigenvalue weighted by molar-refractivity contribution is 5.91. The zero-order chi connectivity index (χ0) is 25.8. The molecule has 0 aliphatic heterocycles. The SMILES string of the molecule is CN(C)c1nc(NC2CCC(N(C(N)=O)c3ccc(Oc4ccccc4)cc3)CC2)nc2c1CCCC2. The van der Waals surface area contributed by atoms with Crippen molar-refractivity contribution < 1.29 is 9.53 Å². The third-order valence-electron chi connectivity index (χ3n) is 7.31. The maximum Gasteiger partial charge on any atom is 0.319 e. The Bertz CT molecular complexity index is 1210. The van der Waals surface area contributed by atoms with Crippen molar-refractivity contribution in [2.45, 2.75) is 63.5 Å². The number of hydrogen-bond acceptors (Lipinski definition) is 6. The number of benzene rings is 2. The van der Waals surface area contributed by atoms with Gasteiger partial charge < -0.3 is 20.7 Å². The van der Waals surface area contributed by atoms with Gasteiger partial charge in [-0.3, -0.25) is 4.90 Å². The second-order valence-electron chi connectivity index (χ2n) is 10.2. The topological polar surface area (TPSA) is 96.6 Å². The van der Waals surface area contributed by atoms with Gasteiger partial charge in [0.1, 0.15) is 17.3 Å².